The number of carbonyl (C=O) groups is 1. The third-order valence-corrected chi connectivity index (χ3v) is 5.66. The first-order chi connectivity index (χ1) is 10.8. The molecule has 1 aliphatic rings. The molecule has 1 saturated heterocycles. The summed E-state index contributed by atoms with van der Waals surface area (Å²) in [5.74, 6) is 1.21. The van der Waals surface area contributed by atoms with Crippen molar-refractivity contribution in [2.24, 2.45) is 4.36 Å². The fourth-order valence-corrected chi connectivity index (χ4v) is 4.34. The molecule has 1 aromatic rings. The minimum absolute atomic E-state index is 0.426. The Morgan fingerprint density at radius 3 is 2.35 bits per heavy atom. The van der Waals surface area contributed by atoms with Gasteiger partial charge in [0.15, 0.2) is 0 Å². The Balaban J connectivity index is 1.88. The van der Waals surface area contributed by atoms with Gasteiger partial charge in [-0.05, 0) is 37.1 Å². The normalized spacial score (nSPS) is 16.8. The molecule has 0 bridgehead atoms. The van der Waals surface area contributed by atoms with E-state index in [4.69, 9.17) is 0 Å². The number of hydrogen-bond acceptors (Lipinski definition) is 3. The zero-order valence-corrected chi connectivity index (χ0v) is 13.2. The lowest BCUT2D eigenvalue weighted by atomic mass is 10.3. The molecule has 1 fully saturated rings. The Kier molecular flexibility index (Phi) is 5.51. The molecule has 0 radical (unpaired) electrons. The fraction of sp³-hybridized carbons (Fsp3) is 0.500. The van der Waals surface area contributed by atoms with Crippen molar-refractivity contribution in [3.8, 4) is 0 Å². The van der Waals surface area contributed by atoms with Crippen molar-refractivity contribution in [1.29, 1.82) is 0 Å². The van der Waals surface area contributed by atoms with Crippen molar-refractivity contribution in [2.45, 2.75) is 25.4 Å². The lowest BCUT2D eigenvalue weighted by Crippen LogP contribution is -2.31. The molecule has 1 aromatic carbocycles. The van der Waals surface area contributed by atoms with Gasteiger partial charge in [-0.2, -0.15) is 17.5 Å². The van der Waals surface area contributed by atoms with Crippen LogP contribution in [0.1, 0.15) is 19.3 Å². The van der Waals surface area contributed by atoms with E-state index in [2.05, 4.69) is 15.0 Å². The van der Waals surface area contributed by atoms with Crippen LogP contribution < -0.4 is 10.6 Å². The van der Waals surface area contributed by atoms with Gasteiger partial charge in [-0.3, -0.25) is 0 Å². The molecule has 9 heteroatoms. The van der Waals surface area contributed by atoms with E-state index in [9.17, 15) is 22.2 Å². The van der Waals surface area contributed by atoms with Gasteiger partial charge >= 0.3 is 12.2 Å². The van der Waals surface area contributed by atoms with Gasteiger partial charge in [0.1, 0.15) is 0 Å². The van der Waals surface area contributed by atoms with Crippen molar-refractivity contribution in [3.05, 3.63) is 24.3 Å². The Bertz CT molecular complexity index is 653. The zero-order chi connectivity index (χ0) is 16.9. The predicted octanol–water partition coefficient (Wildman–Crippen LogP) is 3.65. The maximum absolute atomic E-state index is 12.3. The summed E-state index contributed by atoms with van der Waals surface area (Å²) in [7, 11) is -2.15. The van der Waals surface area contributed by atoms with Crippen LogP contribution in [0.5, 0.6) is 0 Å². The number of nitrogens with zero attached hydrogens (tertiary/aromatic N) is 1. The van der Waals surface area contributed by atoms with E-state index in [0.29, 0.717) is 22.9 Å². The number of anilines is 1. The van der Waals surface area contributed by atoms with Crippen LogP contribution in [-0.2, 0) is 9.73 Å². The molecule has 0 atom stereocenters. The SMILES string of the molecule is O=C(NCCC(F)(F)F)Nc1ccc(N=S2(=O)CCCC2)cc1. The van der Waals surface area contributed by atoms with Crippen molar-refractivity contribution in [3.63, 3.8) is 0 Å². The smallest absolute Gasteiger partial charge is 0.338 e. The van der Waals surface area contributed by atoms with Crippen LogP contribution in [0.3, 0.4) is 0 Å². The molecular formula is C14H18F3N3O2S. The number of amides is 2. The highest BCUT2D eigenvalue weighted by Gasteiger charge is 2.26. The first kappa shape index (κ1) is 17.6. The maximum Gasteiger partial charge on any atom is 0.390 e. The molecule has 2 N–H and O–H groups in total. The quantitative estimate of drug-likeness (QED) is 0.871. The number of nitrogens with one attached hydrogen (secondary N) is 2. The second-order valence-corrected chi connectivity index (χ2v) is 7.82. The molecule has 0 aliphatic carbocycles. The average molecular weight is 349 g/mol. The van der Waals surface area contributed by atoms with Crippen molar-refractivity contribution < 1.29 is 22.2 Å². The minimum atomic E-state index is -4.30. The minimum Gasteiger partial charge on any atom is -0.338 e. The van der Waals surface area contributed by atoms with Crippen molar-refractivity contribution >= 4 is 27.1 Å². The third kappa shape index (κ3) is 6.09. The van der Waals surface area contributed by atoms with Crippen LogP contribution >= 0.6 is 0 Å². The first-order valence-corrected chi connectivity index (χ1v) is 9.05. The zero-order valence-electron chi connectivity index (χ0n) is 12.4. The fourth-order valence-electron chi connectivity index (χ4n) is 2.14. The number of halogens is 3. The molecular weight excluding hydrogens is 331 g/mol. The summed E-state index contributed by atoms with van der Waals surface area (Å²) in [4.78, 5) is 11.5. The Hall–Kier alpha value is -1.77. The van der Waals surface area contributed by atoms with Crippen LogP contribution in [0, 0.1) is 0 Å². The van der Waals surface area contributed by atoms with Crippen LogP contribution in [0.4, 0.5) is 29.3 Å². The lowest BCUT2D eigenvalue weighted by molar-refractivity contribution is -0.132. The van der Waals surface area contributed by atoms with Gasteiger partial charge in [0.05, 0.1) is 21.8 Å². The van der Waals surface area contributed by atoms with Crippen molar-refractivity contribution in [1.82, 2.24) is 5.32 Å². The monoisotopic (exact) mass is 349 g/mol. The summed E-state index contributed by atoms with van der Waals surface area (Å²) in [6, 6.07) is 5.67. The molecule has 128 valence electrons. The summed E-state index contributed by atoms with van der Waals surface area (Å²) in [5, 5.41) is 4.56. The Labute approximate surface area is 132 Å². The lowest BCUT2D eigenvalue weighted by Gasteiger charge is -2.09. The molecule has 0 saturated carbocycles. The second-order valence-electron chi connectivity index (χ2n) is 5.27. The largest absolute Gasteiger partial charge is 0.390 e. The van der Waals surface area contributed by atoms with E-state index < -0.39 is 34.9 Å². The average Bonchev–Trinajstić information content (AvgIpc) is 2.86. The van der Waals surface area contributed by atoms with Crippen molar-refractivity contribution in [2.75, 3.05) is 23.4 Å². The molecule has 0 aromatic heterocycles. The molecule has 2 rings (SSSR count). The third-order valence-electron chi connectivity index (χ3n) is 3.27. The van der Waals surface area contributed by atoms with Crippen LogP contribution in [0.2, 0.25) is 0 Å². The highest BCUT2D eigenvalue weighted by molar-refractivity contribution is 7.93. The summed E-state index contributed by atoms with van der Waals surface area (Å²) < 4.78 is 52.4. The molecule has 0 unspecified atom stereocenters. The second kappa shape index (κ2) is 7.20. The van der Waals surface area contributed by atoms with Gasteiger partial charge in [0.2, 0.25) is 0 Å². The number of hydrogen-bond donors (Lipinski definition) is 2. The van der Waals surface area contributed by atoms with Gasteiger partial charge in [0.25, 0.3) is 0 Å². The summed E-state index contributed by atoms with van der Waals surface area (Å²) in [5.41, 5.74) is 0.995. The Morgan fingerprint density at radius 2 is 1.78 bits per heavy atom. The maximum atomic E-state index is 12.3. The first-order valence-electron chi connectivity index (χ1n) is 7.20. The molecule has 1 heterocycles. The predicted molar refractivity (Wildman–Crippen MR) is 83.3 cm³/mol. The van der Waals surface area contributed by atoms with Gasteiger partial charge < -0.3 is 10.6 Å². The molecule has 23 heavy (non-hydrogen) atoms. The van der Waals surface area contributed by atoms with E-state index in [1.807, 2.05) is 0 Å². The van der Waals surface area contributed by atoms with E-state index in [-0.39, 0.29) is 0 Å². The van der Waals surface area contributed by atoms with Crippen LogP contribution in [-0.4, -0.2) is 34.5 Å². The van der Waals surface area contributed by atoms with Crippen LogP contribution in [0.25, 0.3) is 0 Å². The highest BCUT2D eigenvalue weighted by Crippen LogP contribution is 2.22. The summed E-state index contributed by atoms with van der Waals surface area (Å²) >= 11 is 0. The highest BCUT2D eigenvalue weighted by atomic mass is 32.2. The Morgan fingerprint density at radius 1 is 1.17 bits per heavy atom. The molecule has 2 amide bonds. The van der Waals surface area contributed by atoms with Gasteiger partial charge in [-0.1, -0.05) is 0 Å². The number of carbonyl (C=O) groups excluding carboxylic acids is 1. The number of benzene rings is 1. The molecule has 0 spiro atoms. The van der Waals surface area contributed by atoms with E-state index >= 15 is 0 Å². The topological polar surface area (TPSA) is 70.6 Å². The number of urea groups is 1. The molecule has 1 aliphatic heterocycles. The summed E-state index contributed by atoms with van der Waals surface area (Å²) in [6.45, 7) is -0.481. The summed E-state index contributed by atoms with van der Waals surface area (Å²) in [6.07, 6.45) is -3.54. The standard InChI is InChI=1S/C14H18F3N3O2S/c15-14(16,17)7-8-18-13(21)19-11-3-5-12(6-4-11)20-23(22)9-1-2-10-23/h3-6H,1-2,7-10H2,(H2,18,19,21). The van der Waals surface area contributed by atoms with Crippen LogP contribution in [0.15, 0.2) is 28.6 Å². The van der Waals surface area contributed by atoms with E-state index in [0.717, 1.165) is 12.8 Å². The van der Waals surface area contributed by atoms with E-state index in [1.54, 1.807) is 24.3 Å². The van der Waals surface area contributed by atoms with Gasteiger partial charge in [0, 0.05) is 23.7 Å². The number of rotatable bonds is 4. The van der Waals surface area contributed by atoms with Gasteiger partial charge in [-0.25, -0.2) is 9.00 Å². The number of alkyl halides is 3. The van der Waals surface area contributed by atoms with Gasteiger partial charge in [-0.15, -0.1) is 0 Å². The van der Waals surface area contributed by atoms with E-state index in [1.165, 1.54) is 0 Å². The molecule has 5 nitrogen and oxygen atoms in total.